The van der Waals surface area contributed by atoms with Crippen molar-refractivity contribution in [2.24, 2.45) is 0 Å². The van der Waals surface area contributed by atoms with Crippen molar-refractivity contribution in [3.63, 3.8) is 0 Å². The van der Waals surface area contributed by atoms with Crippen LogP contribution in [0.1, 0.15) is 17.9 Å². The summed E-state index contributed by atoms with van der Waals surface area (Å²) in [5, 5.41) is 2.66. The van der Waals surface area contributed by atoms with Crippen LogP contribution in [0.5, 0.6) is 0 Å². The van der Waals surface area contributed by atoms with E-state index in [4.69, 9.17) is 0 Å². The van der Waals surface area contributed by atoms with Gasteiger partial charge in [-0.25, -0.2) is 0 Å². The maximum Gasteiger partial charge on any atom is 0.00559 e. The van der Waals surface area contributed by atoms with Crippen LogP contribution in [-0.4, -0.2) is 0 Å². The molecule has 1 atom stereocenters. The van der Waals surface area contributed by atoms with Gasteiger partial charge in [-0.15, -0.1) is 0 Å². The monoisotopic (exact) mass is 206 g/mol. The van der Waals surface area contributed by atoms with Crippen LogP contribution >= 0.6 is 0 Å². The highest BCUT2D eigenvalue weighted by molar-refractivity contribution is 5.83. The maximum atomic E-state index is 2.31. The van der Waals surface area contributed by atoms with Crippen molar-refractivity contribution in [1.29, 1.82) is 0 Å². The average Bonchev–Trinajstić information content (AvgIpc) is 2.39. The summed E-state index contributed by atoms with van der Waals surface area (Å²) in [4.78, 5) is 0. The van der Waals surface area contributed by atoms with Gasteiger partial charge < -0.3 is 0 Å². The van der Waals surface area contributed by atoms with Gasteiger partial charge in [0.2, 0.25) is 0 Å². The lowest BCUT2D eigenvalue weighted by Crippen LogP contribution is -1.95. The Morgan fingerprint density at radius 2 is 1.75 bits per heavy atom. The second-order valence-corrected chi connectivity index (χ2v) is 4.26. The van der Waals surface area contributed by atoms with Gasteiger partial charge in [-0.3, -0.25) is 0 Å². The molecule has 1 unspecified atom stereocenters. The minimum atomic E-state index is 0.551. The number of hydrogen-bond acceptors (Lipinski definition) is 0. The lowest BCUT2D eigenvalue weighted by Gasteiger charge is -2.14. The maximum absolute atomic E-state index is 2.31. The van der Waals surface area contributed by atoms with Crippen molar-refractivity contribution >= 4 is 10.8 Å². The summed E-state index contributed by atoms with van der Waals surface area (Å²) in [5.41, 5.74) is 1.42. The van der Waals surface area contributed by atoms with Crippen LogP contribution in [0, 0.1) is 0 Å². The fourth-order valence-electron chi connectivity index (χ4n) is 2.27. The summed E-state index contributed by atoms with van der Waals surface area (Å²) < 4.78 is 0. The highest BCUT2D eigenvalue weighted by Gasteiger charge is 2.08. The van der Waals surface area contributed by atoms with Crippen LogP contribution in [0.4, 0.5) is 0 Å². The number of rotatable bonds is 1. The van der Waals surface area contributed by atoms with E-state index < -0.39 is 0 Å². The van der Waals surface area contributed by atoms with Crippen molar-refractivity contribution in [3.8, 4) is 0 Å². The fourth-order valence-corrected chi connectivity index (χ4v) is 2.27. The predicted octanol–water partition coefficient (Wildman–Crippen LogP) is 4.44. The molecule has 3 rings (SSSR count). The zero-order chi connectivity index (χ0) is 10.8. The van der Waals surface area contributed by atoms with Gasteiger partial charge in [0.05, 0.1) is 0 Å². The Hall–Kier alpha value is -1.82. The predicted molar refractivity (Wildman–Crippen MR) is 69.6 cm³/mol. The van der Waals surface area contributed by atoms with E-state index in [0.717, 1.165) is 6.42 Å². The van der Waals surface area contributed by atoms with Gasteiger partial charge in [-0.2, -0.15) is 0 Å². The van der Waals surface area contributed by atoms with Gasteiger partial charge in [0.15, 0.2) is 0 Å². The first-order valence-electron chi connectivity index (χ1n) is 5.75. The van der Waals surface area contributed by atoms with E-state index in [1.165, 1.54) is 16.3 Å². The number of fused-ring (bicyclic) bond motifs is 1. The molecular weight excluding hydrogens is 192 g/mol. The molecule has 0 aliphatic heterocycles. The first kappa shape index (κ1) is 9.41. The molecule has 0 bridgehead atoms. The van der Waals surface area contributed by atoms with Crippen LogP contribution < -0.4 is 0 Å². The Morgan fingerprint density at radius 3 is 2.56 bits per heavy atom. The summed E-state index contributed by atoms with van der Waals surface area (Å²) in [7, 11) is 0. The van der Waals surface area contributed by atoms with Crippen LogP contribution in [0.2, 0.25) is 0 Å². The molecule has 0 radical (unpaired) electrons. The molecule has 1 aliphatic carbocycles. The van der Waals surface area contributed by atoms with Crippen LogP contribution in [0.3, 0.4) is 0 Å². The minimum absolute atomic E-state index is 0.551. The molecule has 0 fully saturated rings. The lowest BCUT2D eigenvalue weighted by molar-refractivity contribution is 0.855. The smallest absolute Gasteiger partial charge is 0.00559 e. The molecule has 0 heteroatoms. The molecule has 0 saturated carbocycles. The summed E-state index contributed by atoms with van der Waals surface area (Å²) in [6.07, 6.45) is 9.90. The molecule has 2 aromatic carbocycles. The normalized spacial score (nSPS) is 19.1. The second-order valence-electron chi connectivity index (χ2n) is 4.26. The first-order valence-corrected chi connectivity index (χ1v) is 5.75. The van der Waals surface area contributed by atoms with Gasteiger partial charge in [0, 0.05) is 5.92 Å². The SMILES string of the molecule is C1=CCC(c2ccc3ccccc3c2)C=C1. The van der Waals surface area contributed by atoms with Crippen molar-refractivity contribution < 1.29 is 0 Å². The van der Waals surface area contributed by atoms with E-state index in [0.29, 0.717) is 5.92 Å². The van der Waals surface area contributed by atoms with Crippen LogP contribution in [0.15, 0.2) is 66.8 Å². The molecule has 0 saturated heterocycles. The minimum Gasteiger partial charge on any atom is -0.0836 e. The molecule has 0 aromatic heterocycles. The fraction of sp³-hybridized carbons (Fsp3) is 0.125. The second kappa shape index (κ2) is 3.97. The van der Waals surface area contributed by atoms with E-state index in [-0.39, 0.29) is 0 Å². The molecule has 1 aliphatic rings. The van der Waals surface area contributed by atoms with Gasteiger partial charge in [0.25, 0.3) is 0 Å². The highest BCUT2D eigenvalue weighted by Crippen LogP contribution is 2.27. The standard InChI is InChI=1S/C16H14/c1-2-6-13(7-3-1)16-11-10-14-8-4-5-9-15(14)12-16/h1-6,8-13H,7H2. The van der Waals surface area contributed by atoms with Crippen molar-refractivity contribution in [2.75, 3.05) is 0 Å². The van der Waals surface area contributed by atoms with E-state index >= 15 is 0 Å². The molecule has 0 spiro atoms. The molecule has 78 valence electrons. The highest BCUT2D eigenvalue weighted by atomic mass is 14.1. The van der Waals surface area contributed by atoms with Gasteiger partial charge in [-0.1, -0.05) is 66.8 Å². The Balaban J connectivity index is 2.05. The van der Waals surface area contributed by atoms with E-state index in [1.807, 2.05) is 0 Å². The summed E-state index contributed by atoms with van der Waals surface area (Å²) in [6.45, 7) is 0. The Labute approximate surface area is 95.9 Å². The topological polar surface area (TPSA) is 0 Å². The molecule has 2 aromatic rings. The van der Waals surface area contributed by atoms with Crippen molar-refractivity contribution in [3.05, 3.63) is 72.3 Å². The zero-order valence-electron chi connectivity index (χ0n) is 9.14. The molecule has 0 N–H and O–H groups in total. The number of benzene rings is 2. The molecule has 0 amide bonds. The first-order chi connectivity index (χ1) is 7.93. The Bertz CT molecular complexity index is 561. The third-order valence-electron chi connectivity index (χ3n) is 3.18. The third kappa shape index (κ3) is 1.67. The Kier molecular flexibility index (Phi) is 2.34. The number of allylic oxidation sites excluding steroid dienone is 4. The molecule has 0 heterocycles. The lowest BCUT2D eigenvalue weighted by atomic mass is 9.91. The number of hydrogen-bond donors (Lipinski definition) is 0. The van der Waals surface area contributed by atoms with Crippen molar-refractivity contribution in [1.82, 2.24) is 0 Å². The Morgan fingerprint density at radius 1 is 0.875 bits per heavy atom. The third-order valence-corrected chi connectivity index (χ3v) is 3.18. The quantitative estimate of drug-likeness (QED) is 0.647. The van der Waals surface area contributed by atoms with E-state index in [2.05, 4.69) is 66.8 Å². The van der Waals surface area contributed by atoms with E-state index in [1.54, 1.807) is 0 Å². The summed E-state index contributed by atoms with van der Waals surface area (Å²) in [5.74, 6) is 0.551. The van der Waals surface area contributed by atoms with Gasteiger partial charge in [0.1, 0.15) is 0 Å². The summed E-state index contributed by atoms with van der Waals surface area (Å²) in [6, 6.07) is 15.3. The van der Waals surface area contributed by atoms with Crippen molar-refractivity contribution in [2.45, 2.75) is 12.3 Å². The largest absolute Gasteiger partial charge is 0.0836 e. The average molecular weight is 206 g/mol. The van der Waals surface area contributed by atoms with Gasteiger partial charge in [-0.05, 0) is 22.8 Å². The molecular formula is C16H14. The summed E-state index contributed by atoms with van der Waals surface area (Å²) >= 11 is 0. The van der Waals surface area contributed by atoms with E-state index in [9.17, 15) is 0 Å². The van der Waals surface area contributed by atoms with Crippen LogP contribution in [0.25, 0.3) is 10.8 Å². The zero-order valence-corrected chi connectivity index (χ0v) is 9.14. The molecule has 0 nitrogen and oxygen atoms in total. The van der Waals surface area contributed by atoms with Crippen LogP contribution in [-0.2, 0) is 0 Å². The molecule has 16 heavy (non-hydrogen) atoms. The van der Waals surface area contributed by atoms with Gasteiger partial charge >= 0.3 is 0 Å².